The minimum atomic E-state index is -0.260. The first kappa shape index (κ1) is 8.50. The molecule has 48 valence electrons. The van der Waals surface area contributed by atoms with Gasteiger partial charge in [0.25, 0.3) is 5.91 Å². The second kappa shape index (κ2) is 5.63. The molecule has 0 aliphatic rings. The molecule has 2 nitrogen and oxygen atoms in total. The number of hydrogen-bond acceptors (Lipinski definition) is 1. The first-order valence-electron chi connectivity index (χ1n) is 2.31. The second-order valence-electron chi connectivity index (χ2n) is 1.22. The summed E-state index contributed by atoms with van der Waals surface area (Å²) in [7, 11) is 0. The maximum Gasteiger partial charge on any atom is 0.296 e. The van der Waals surface area contributed by atoms with Crippen molar-refractivity contribution in [3.8, 4) is 9.85 Å². The van der Waals surface area contributed by atoms with Crippen LogP contribution in [0, 0.1) is 9.85 Å². The fraction of sp³-hybridized carbons (Fsp3) is 0.167. The fourth-order valence-corrected chi connectivity index (χ4v) is 0.497. The van der Waals surface area contributed by atoms with Crippen LogP contribution in [0.15, 0.2) is 12.7 Å². The van der Waals surface area contributed by atoms with Crippen LogP contribution in [0.4, 0.5) is 0 Å². The van der Waals surface area contributed by atoms with Gasteiger partial charge in [0.1, 0.15) is 0 Å². The molecule has 1 N–H and O–H groups in total. The summed E-state index contributed by atoms with van der Waals surface area (Å²) in [6.45, 7) is 3.90. The maximum absolute atomic E-state index is 10.5. The van der Waals surface area contributed by atoms with Gasteiger partial charge in [0.15, 0.2) is 0 Å². The minimum absolute atomic E-state index is 0.260. The lowest BCUT2D eigenvalue weighted by atomic mass is 10.5. The molecule has 0 fully saturated rings. The molecule has 0 unspecified atom stereocenters. The molecule has 0 atom stereocenters. The molecule has 0 aromatic carbocycles. The van der Waals surface area contributed by atoms with E-state index in [2.05, 4.69) is 21.7 Å². The van der Waals surface area contributed by atoms with Crippen LogP contribution in [0.2, 0.25) is 0 Å². The SMILES string of the molecule is C=CCNC(=O)C#CI. The van der Waals surface area contributed by atoms with E-state index in [1.54, 1.807) is 28.7 Å². The van der Waals surface area contributed by atoms with Crippen molar-refractivity contribution >= 4 is 28.5 Å². The van der Waals surface area contributed by atoms with Gasteiger partial charge in [-0.2, -0.15) is 0 Å². The van der Waals surface area contributed by atoms with Crippen molar-refractivity contribution in [1.82, 2.24) is 5.32 Å². The van der Waals surface area contributed by atoms with Crippen molar-refractivity contribution in [3.63, 3.8) is 0 Å². The molecule has 0 rings (SSSR count). The summed E-state index contributed by atoms with van der Waals surface area (Å²) in [4.78, 5) is 10.5. The van der Waals surface area contributed by atoms with Crippen LogP contribution in [0.1, 0.15) is 0 Å². The Bertz CT molecular complexity index is 166. The molecule has 0 saturated heterocycles. The predicted octanol–water partition coefficient (Wildman–Crippen LogP) is 0.685. The standard InChI is InChI=1S/C6H6INO/c1-2-5-8-6(9)3-4-7/h2H,1,5H2,(H,8,9). The van der Waals surface area contributed by atoms with Gasteiger partial charge < -0.3 is 5.32 Å². The molecule has 0 saturated carbocycles. The summed E-state index contributed by atoms with van der Waals surface area (Å²) < 4.78 is 2.45. The van der Waals surface area contributed by atoms with Crippen LogP contribution >= 0.6 is 22.6 Å². The molecule has 0 heterocycles. The van der Waals surface area contributed by atoms with Gasteiger partial charge in [-0.3, -0.25) is 4.79 Å². The smallest absolute Gasteiger partial charge is 0.296 e. The van der Waals surface area contributed by atoms with Crippen LogP contribution in [0.5, 0.6) is 0 Å². The third-order valence-corrected chi connectivity index (χ3v) is 0.837. The van der Waals surface area contributed by atoms with Gasteiger partial charge in [-0.15, -0.1) is 6.58 Å². The van der Waals surface area contributed by atoms with Crippen LogP contribution in [-0.4, -0.2) is 12.5 Å². The normalized spacial score (nSPS) is 6.78. The van der Waals surface area contributed by atoms with Crippen LogP contribution in [-0.2, 0) is 4.79 Å². The second-order valence-corrected chi connectivity index (χ2v) is 1.76. The van der Waals surface area contributed by atoms with Crippen LogP contribution < -0.4 is 5.32 Å². The Morgan fingerprint density at radius 3 is 3.00 bits per heavy atom. The van der Waals surface area contributed by atoms with Crippen LogP contribution in [0.3, 0.4) is 0 Å². The van der Waals surface area contributed by atoms with Gasteiger partial charge >= 0.3 is 0 Å². The topological polar surface area (TPSA) is 29.1 Å². The lowest BCUT2D eigenvalue weighted by molar-refractivity contribution is -0.115. The first-order valence-corrected chi connectivity index (χ1v) is 3.39. The van der Waals surface area contributed by atoms with E-state index < -0.39 is 0 Å². The number of hydrogen-bond donors (Lipinski definition) is 1. The van der Waals surface area contributed by atoms with E-state index in [0.29, 0.717) is 6.54 Å². The van der Waals surface area contributed by atoms with Crippen molar-refractivity contribution < 1.29 is 4.79 Å². The molecule has 1 amide bonds. The summed E-state index contributed by atoms with van der Waals surface area (Å²) in [5.74, 6) is 2.06. The number of nitrogens with one attached hydrogen (secondary N) is 1. The highest BCUT2D eigenvalue weighted by molar-refractivity contribution is 14.1. The predicted molar refractivity (Wildman–Crippen MR) is 45.0 cm³/mol. The van der Waals surface area contributed by atoms with E-state index in [1.165, 1.54) is 0 Å². The first-order chi connectivity index (χ1) is 4.31. The molecule has 0 bridgehead atoms. The zero-order valence-corrected chi connectivity index (χ0v) is 6.94. The minimum Gasteiger partial charge on any atom is -0.342 e. The van der Waals surface area contributed by atoms with E-state index in [-0.39, 0.29) is 5.91 Å². The van der Waals surface area contributed by atoms with Gasteiger partial charge in [-0.05, 0) is 3.93 Å². The number of halogens is 1. The van der Waals surface area contributed by atoms with Gasteiger partial charge in [0, 0.05) is 35.1 Å². The van der Waals surface area contributed by atoms with E-state index in [9.17, 15) is 4.79 Å². The van der Waals surface area contributed by atoms with Crippen molar-refractivity contribution in [2.75, 3.05) is 6.54 Å². The molecule has 0 aromatic rings. The van der Waals surface area contributed by atoms with Gasteiger partial charge in [0.2, 0.25) is 0 Å². The van der Waals surface area contributed by atoms with Gasteiger partial charge in [0.05, 0.1) is 0 Å². The van der Waals surface area contributed by atoms with E-state index in [1.807, 2.05) is 0 Å². The Labute approximate surface area is 67.8 Å². The third kappa shape index (κ3) is 5.37. The Morgan fingerprint density at radius 2 is 2.56 bits per heavy atom. The highest BCUT2D eigenvalue weighted by Gasteiger charge is 1.87. The molecule has 0 radical (unpaired) electrons. The molecule has 0 aliphatic carbocycles. The number of carbonyl (C=O) groups is 1. The van der Waals surface area contributed by atoms with Crippen molar-refractivity contribution in [1.29, 1.82) is 0 Å². The zero-order valence-electron chi connectivity index (χ0n) is 4.78. The highest BCUT2D eigenvalue weighted by Crippen LogP contribution is 1.70. The van der Waals surface area contributed by atoms with Crippen molar-refractivity contribution in [2.24, 2.45) is 0 Å². The molecule has 0 spiro atoms. The Balaban J connectivity index is 3.47. The molecule has 0 aliphatic heterocycles. The molecule has 0 aromatic heterocycles. The Kier molecular flexibility index (Phi) is 5.32. The average Bonchev–Trinajstić information content (AvgIpc) is 1.85. The number of amides is 1. The highest BCUT2D eigenvalue weighted by atomic mass is 127. The number of carbonyl (C=O) groups excluding carboxylic acids is 1. The van der Waals surface area contributed by atoms with Crippen molar-refractivity contribution in [3.05, 3.63) is 12.7 Å². The van der Waals surface area contributed by atoms with E-state index in [0.717, 1.165) is 0 Å². The van der Waals surface area contributed by atoms with Gasteiger partial charge in [-0.1, -0.05) is 6.08 Å². The summed E-state index contributed by atoms with van der Waals surface area (Å²) >= 11 is 1.81. The lowest BCUT2D eigenvalue weighted by Gasteiger charge is -1.90. The third-order valence-electron chi connectivity index (χ3n) is 0.568. The molecule has 3 heteroatoms. The Hall–Kier alpha value is -0.500. The van der Waals surface area contributed by atoms with Crippen molar-refractivity contribution in [2.45, 2.75) is 0 Å². The monoisotopic (exact) mass is 235 g/mol. The molecule has 9 heavy (non-hydrogen) atoms. The zero-order chi connectivity index (χ0) is 7.11. The molecular weight excluding hydrogens is 229 g/mol. The summed E-state index contributed by atoms with van der Waals surface area (Å²) in [6.07, 6.45) is 1.60. The number of rotatable bonds is 2. The summed E-state index contributed by atoms with van der Waals surface area (Å²) in [5, 5.41) is 2.50. The maximum atomic E-state index is 10.5. The van der Waals surface area contributed by atoms with Crippen LogP contribution in [0.25, 0.3) is 0 Å². The fourth-order valence-electron chi connectivity index (χ4n) is 0.252. The average molecular weight is 235 g/mol. The largest absolute Gasteiger partial charge is 0.342 e. The van der Waals surface area contributed by atoms with E-state index >= 15 is 0 Å². The van der Waals surface area contributed by atoms with Gasteiger partial charge in [-0.25, -0.2) is 0 Å². The van der Waals surface area contributed by atoms with E-state index in [4.69, 9.17) is 0 Å². The lowest BCUT2D eigenvalue weighted by Crippen LogP contribution is -2.20. The summed E-state index contributed by atoms with van der Waals surface area (Å²) in [6, 6.07) is 0. The molecular formula is C6H6INO. The Morgan fingerprint density at radius 1 is 1.89 bits per heavy atom. The quantitative estimate of drug-likeness (QED) is 0.425. The summed E-state index contributed by atoms with van der Waals surface area (Å²) in [5.41, 5.74) is 0.